The zero-order chi connectivity index (χ0) is 9.47. The Kier molecular flexibility index (Phi) is 1.76. The summed E-state index contributed by atoms with van der Waals surface area (Å²) in [5.74, 6) is 0.313. The molecule has 0 radical (unpaired) electrons. The summed E-state index contributed by atoms with van der Waals surface area (Å²) in [6, 6.07) is 7.86. The summed E-state index contributed by atoms with van der Waals surface area (Å²) >= 11 is 0. The quantitative estimate of drug-likeness (QED) is 0.630. The molecule has 0 heterocycles. The van der Waals surface area contributed by atoms with Crippen LogP contribution in [0, 0.1) is 12.3 Å². The minimum atomic E-state index is -0.0325. The van der Waals surface area contributed by atoms with Crippen molar-refractivity contribution in [1.82, 2.24) is 0 Å². The minimum Gasteiger partial charge on any atom is -0.294 e. The fourth-order valence-corrected chi connectivity index (χ4v) is 1.47. The molecule has 0 spiro atoms. The van der Waals surface area contributed by atoms with E-state index in [2.05, 4.69) is 6.92 Å². The van der Waals surface area contributed by atoms with Crippen LogP contribution in [0.5, 0.6) is 0 Å². The second-order valence-corrected chi connectivity index (χ2v) is 4.26. The Morgan fingerprint density at radius 2 is 1.77 bits per heavy atom. The molecule has 1 nitrogen and oxygen atoms in total. The van der Waals surface area contributed by atoms with Gasteiger partial charge in [-0.25, -0.2) is 0 Å². The van der Waals surface area contributed by atoms with Gasteiger partial charge in [-0.2, -0.15) is 0 Å². The molecule has 0 N–H and O–H groups in total. The molecule has 0 amide bonds. The lowest BCUT2D eigenvalue weighted by Crippen LogP contribution is -2.11. The number of Topliss-reactive ketones (excluding diaryl/α,β-unsaturated/α-hetero) is 1. The number of benzene rings is 1. The van der Waals surface area contributed by atoms with Crippen molar-refractivity contribution in [2.24, 2.45) is 5.41 Å². The van der Waals surface area contributed by atoms with Gasteiger partial charge in [-0.3, -0.25) is 4.79 Å². The first-order valence-corrected chi connectivity index (χ1v) is 4.73. The molecule has 1 heteroatoms. The fourth-order valence-electron chi connectivity index (χ4n) is 1.47. The van der Waals surface area contributed by atoms with Crippen LogP contribution in [0.3, 0.4) is 0 Å². The Labute approximate surface area is 78.8 Å². The molecule has 0 aliphatic heterocycles. The monoisotopic (exact) mass is 174 g/mol. The lowest BCUT2D eigenvalue weighted by molar-refractivity contribution is 0.0912. The average molecular weight is 174 g/mol. The van der Waals surface area contributed by atoms with Crippen LogP contribution in [0.4, 0.5) is 0 Å². The van der Waals surface area contributed by atoms with E-state index in [-0.39, 0.29) is 5.41 Å². The molecule has 0 bridgehead atoms. The molecule has 0 saturated heterocycles. The van der Waals surface area contributed by atoms with E-state index in [1.54, 1.807) is 0 Å². The highest BCUT2D eigenvalue weighted by atomic mass is 16.1. The Hall–Kier alpha value is -1.11. The topological polar surface area (TPSA) is 17.1 Å². The lowest BCUT2D eigenvalue weighted by atomic mass is 9.96. The van der Waals surface area contributed by atoms with Gasteiger partial charge in [0.05, 0.1) is 0 Å². The number of carbonyl (C=O) groups excluding carboxylic acids is 1. The molecule has 1 aromatic carbocycles. The Balaban J connectivity index is 2.26. The fraction of sp³-hybridized carbons (Fsp3) is 0.417. The molecule has 1 aliphatic carbocycles. The second-order valence-electron chi connectivity index (χ2n) is 4.26. The highest BCUT2D eigenvalue weighted by molar-refractivity contribution is 6.01. The Bertz CT molecular complexity index is 331. The van der Waals surface area contributed by atoms with Crippen LogP contribution >= 0.6 is 0 Å². The predicted molar refractivity (Wildman–Crippen MR) is 52.9 cm³/mol. The van der Waals surface area contributed by atoms with Gasteiger partial charge in [-0.1, -0.05) is 36.8 Å². The highest BCUT2D eigenvalue weighted by Gasteiger charge is 2.44. The second kappa shape index (κ2) is 2.69. The summed E-state index contributed by atoms with van der Waals surface area (Å²) in [5.41, 5.74) is 2.04. The molecule has 13 heavy (non-hydrogen) atoms. The number of aryl methyl sites for hydroxylation is 1. The van der Waals surface area contributed by atoms with E-state index >= 15 is 0 Å². The normalized spacial score (nSPS) is 18.3. The number of hydrogen-bond donors (Lipinski definition) is 0. The van der Waals surface area contributed by atoms with Crippen LogP contribution in [0.2, 0.25) is 0 Å². The van der Waals surface area contributed by atoms with E-state index < -0.39 is 0 Å². The summed E-state index contributed by atoms with van der Waals surface area (Å²) in [6.45, 7) is 4.09. The smallest absolute Gasteiger partial charge is 0.168 e. The van der Waals surface area contributed by atoms with E-state index in [4.69, 9.17) is 0 Å². The van der Waals surface area contributed by atoms with Crippen LogP contribution in [0.15, 0.2) is 24.3 Å². The number of hydrogen-bond acceptors (Lipinski definition) is 1. The van der Waals surface area contributed by atoms with Crippen LogP contribution in [0.25, 0.3) is 0 Å². The molecule has 1 aliphatic rings. The van der Waals surface area contributed by atoms with Gasteiger partial charge in [-0.15, -0.1) is 0 Å². The molecule has 2 rings (SSSR count). The summed E-state index contributed by atoms with van der Waals surface area (Å²) in [6.07, 6.45) is 2.11. The SMILES string of the molecule is Cc1ccc(C(=O)C2(C)CC2)cc1. The Morgan fingerprint density at radius 3 is 2.23 bits per heavy atom. The van der Waals surface area contributed by atoms with E-state index in [0.717, 1.165) is 18.4 Å². The van der Waals surface area contributed by atoms with Gasteiger partial charge in [0.1, 0.15) is 0 Å². The van der Waals surface area contributed by atoms with E-state index in [1.807, 2.05) is 31.2 Å². The predicted octanol–water partition coefficient (Wildman–Crippen LogP) is 2.98. The maximum Gasteiger partial charge on any atom is 0.168 e. The number of ketones is 1. The maximum absolute atomic E-state index is 11.8. The molecule has 68 valence electrons. The third kappa shape index (κ3) is 1.51. The Morgan fingerprint density at radius 1 is 1.23 bits per heavy atom. The van der Waals surface area contributed by atoms with Crippen LogP contribution < -0.4 is 0 Å². The molecular formula is C12H14O. The first kappa shape index (κ1) is 8.49. The van der Waals surface area contributed by atoms with Gasteiger partial charge in [-0.05, 0) is 19.8 Å². The standard InChI is InChI=1S/C12H14O/c1-9-3-5-10(6-4-9)11(13)12(2)7-8-12/h3-6H,7-8H2,1-2H3. The van der Waals surface area contributed by atoms with Gasteiger partial charge < -0.3 is 0 Å². The van der Waals surface area contributed by atoms with Gasteiger partial charge in [0.2, 0.25) is 0 Å². The summed E-state index contributed by atoms with van der Waals surface area (Å²) in [7, 11) is 0. The van der Waals surface area contributed by atoms with Crippen molar-refractivity contribution in [3.63, 3.8) is 0 Å². The largest absolute Gasteiger partial charge is 0.294 e. The van der Waals surface area contributed by atoms with Crippen molar-refractivity contribution in [3.05, 3.63) is 35.4 Å². The zero-order valence-electron chi connectivity index (χ0n) is 8.13. The van der Waals surface area contributed by atoms with Crippen molar-refractivity contribution in [2.45, 2.75) is 26.7 Å². The minimum absolute atomic E-state index is 0.0325. The molecule has 1 saturated carbocycles. The number of rotatable bonds is 2. The van der Waals surface area contributed by atoms with E-state index in [9.17, 15) is 4.79 Å². The van der Waals surface area contributed by atoms with Gasteiger partial charge in [0, 0.05) is 11.0 Å². The van der Waals surface area contributed by atoms with Crippen molar-refractivity contribution < 1.29 is 4.79 Å². The third-order valence-electron chi connectivity index (χ3n) is 2.86. The molecule has 0 atom stereocenters. The van der Waals surface area contributed by atoms with E-state index in [0.29, 0.717) is 5.78 Å². The van der Waals surface area contributed by atoms with Crippen molar-refractivity contribution >= 4 is 5.78 Å². The highest BCUT2D eigenvalue weighted by Crippen LogP contribution is 2.47. The van der Waals surface area contributed by atoms with Crippen molar-refractivity contribution in [3.8, 4) is 0 Å². The van der Waals surface area contributed by atoms with Gasteiger partial charge in [0.25, 0.3) is 0 Å². The van der Waals surface area contributed by atoms with Crippen LogP contribution in [-0.2, 0) is 0 Å². The van der Waals surface area contributed by atoms with E-state index in [1.165, 1.54) is 5.56 Å². The average Bonchev–Trinajstić information content (AvgIpc) is 2.85. The molecule has 0 aromatic heterocycles. The lowest BCUT2D eigenvalue weighted by Gasteiger charge is -2.06. The molecular weight excluding hydrogens is 160 g/mol. The van der Waals surface area contributed by atoms with Gasteiger partial charge >= 0.3 is 0 Å². The number of carbonyl (C=O) groups is 1. The molecule has 1 aromatic rings. The molecule has 0 unspecified atom stereocenters. The zero-order valence-corrected chi connectivity index (χ0v) is 8.13. The van der Waals surface area contributed by atoms with Crippen LogP contribution in [0.1, 0.15) is 35.7 Å². The van der Waals surface area contributed by atoms with Gasteiger partial charge in [0.15, 0.2) is 5.78 Å². The maximum atomic E-state index is 11.8. The van der Waals surface area contributed by atoms with Crippen molar-refractivity contribution in [1.29, 1.82) is 0 Å². The van der Waals surface area contributed by atoms with Crippen molar-refractivity contribution in [2.75, 3.05) is 0 Å². The molecule has 1 fully saturated rings. The first-order chi connectivity index (χ1) is 6.12. The summed E-state index contributed by atoms with van der Waals surface area (Å²) in [5, 5.41) is 0. The summed E-state index contributed by atoms with van der Waals surface area (Å²) < 4.78 is 0. The summed E-state index contributed by atoms with van der Waals surface area (Å²) in [4.78, 5) is 11.8. The third-order valence-corrected chi connectivity index (χ3v) is 2.86. The first-order valence-electron chi connectivity index (χ1n) is 4.73. The van der Waals surface area contributed by atoms with Crippen LogP contribution in [-0.4, -0.2) is 5.78 Å².